The summed E-state index contributed by atoms with van der Waals surface area (Å²) < 4.78 is 0. The number of carbonyl (C=O) groups is 1. The van der Waals surface area contributed by atoms with Crippen molar-refractivity contribution in [3.8, 4) is 11.8 Å². The minimum Gasteiger partial charge on any atom is -0.340 e. The Hall–Kier alpha value is -1.34. The van der Waals surface area contributed by atoms with Crippen molar-refractivity contribution < 1.29 is 4.79 Å². The standard InChI is InChI=1S/C9H10N2OS/c1-3-4-9(12)10-5-8-6-13-7(2)11-8/h6H,5H2,1-2H3,(H,10,12). The van der Waals surface area contributed by atoms with Crippen molar-refractivity contribution >= 4 is 17.2 Å². The molecule has 68 valence electrons. The number of hydrogen-bond donors (Lipinski definition) is 1. The van der Waals surface area contributed by atoms with Gasteiger partial charge < -0.3 is 5.32 Å². The predicted octanol–water partition coefficient (Wildman–Crippen LogP) is 1.09. The number of nitrogens with zero attached hydrogens (tertiary/aromatic N) is 1. The third kappa shape index (κ3) is 3.26. The molecule has 3 nitrogen and oxygen atoms in total. The number of carbonyl (C=O) groups excluding carboxylic acids is 1. The van der Waals surface area contributed by atoms with E-state index >= 15 is 0 Å². The van der Waals surface area contributed by atoms with Crippen LogP contribution in [0.1, 0.15) is 17.6 Å². The molecular weight excluding hydrogens is 184 g/mol. The number of amides is 1. The second-order valence-electron chi connectivity index (χ2n) is 2.42. The van der Waals surface area contributed by atoms with E-state index in [1.54, 1.807) is 18.3 Å². The van der Waals surface area contributed by atoms with Gasteiger partial charge in [0.2, 0.25) is 0 Å². The third-order valence-corrected chi connectivity index (χ3v) is 2.16. The molecule has 1 rings (SSSR count). The zero-order valence-electron chi connectivity index (χ0n) is 7.55. The number of aryl methyl sites for hydroxylation is 1. The topological polar surface area (TPSA) is 42.0 Å². The first kappa shape index (κ1) is 9.75. The van der Waals surface area contributed by atoms with Crippen LogP contribution in [0.2, 0.25) is 0 Å². The molecular formula is C9H10N2OS. The molecule has 0 spiro atoms. The summed E-state index contributed by atoms with van der Waals surface area (Å²) in [6.45, 7) is 4.02. The Morgan fingerprint density at radius 3 is 3.08 bits per heavy atom. The van der Waals surface area contributed by atoms with Crippen LogP contribution in [0.15, 0.2) is 5.38 Å². The van der Waals surface area contributed by atoms with E-state index in [1.807, 2.05) is 12.3 Å². The van der Waals surface area contributed by atoms with E-state index in [-0.39, 0.29) is 5.91 Å². The quantitative estimate of drug-likeness (QED) is 0.716. The van der Waals surface area contributed by atoms with Crippen LogP contribution in [-0.4, -0.2) is 10.9 Å². The van der Waals surface area contributed by atoms with Gasteiger partial charge in [0.25, 0.3) is 5.91 Å². The summed E-state index contributed by atoms with van der Waals surface area (Å²) in [7, 11) is 0. The fraction of sp³-hybridized carbons (Fsp3) is 0.333. The van der Waals surface area contributed by atoms with E-state index in [1.165, 1.54) is 0 Å². The monoisotopic (exact) mass is 194 g/mol. The maximum Gasteiger partial charge on any atom is 0.296 e. The lowest BCUT2D eigenvalue weighted by atomic mass is 10.4. The summed E-state index contributed by atoms with van der Waals surface area (Å²) in [6, 6.07) is 0. The molecule has 13 heavy (non-hydrogen) atoms. The van der Waals surface area contributed by atoms with E-state index in [0.29, 0.717) is 6.54 Å². The molecule has 1 N–H and O–H groups in total. The molecule has 0 radical (unpaired) electrons. The van der Waals surface area contributed by atoms with Crippen molar-refractivity contribution in [1.29, 1.82) is 0 Å². The zero-order chi connectivity index (χ0) is 9.68. The molecule has 1 aromatic heterocycles. The Labute approximate surface area is 81.2 Å². The van der Waals surface area contributed by atoms with Gasteiger partial charge in [0.05, 0.1) is 17.2 Å². The minimum atomic E-state index is -0.256. The molecule has 1 aromatic rings. The molecule has 0 aliphatic heterocycles. The molecule has 1 amide bonds. The first-order valence-corrected chi connectivity index (χ1v) is 4.72. The van der Waals surface area contributed by atoms with Gasteiger partial charge in [0.15, 0.2) is 0 Å². The molecule has 4 heteroatoms. The lowest BCUT2D eigenvalue weighted by Gasteiger charge is -1.95. The van der Waals surface area contributed by atoms with E-state index in [4.69, 9.17) is 0 Å². The number of hydrogen-bond acceptors (Lipinski definition) is 3. The summed E-state index contributed by atoms with van der Waals surface area (Å²) in [5.41, 5.74) is 0.883. The second kappa shape index (κ2) is 4.63. The molecule has 0 saturated heterocycles. The van der Waals surface area contributed by atoms with Crippen LogP contribution in [-0.2, 0) is 11.3 Å². The molecule has 0 bridgehead atoms. The van der Waals surface area contributed by atoms with Gasteiger partial charge in [-0.2, -0.15) is 0 Å². The van der Waals surface area contributed by atoms with Crippen LogP contribution >= 0.6 is 11.3 Å². The lowest BCUT2D eigenvalue weighted by molar-refractivity contribution is -0.115. The predicted molar refractivity (Wildman–Crippen MR) is 52.1 cm³/mol. The zero-order valence-corrected chi connectivity index (χ0v) is 8.36. The first-order chi connectivity index (χ1) is 6.22. The summed E-state index contributed by atoms with van der Waals surface area (Å²) in [5.74, 6) is 4.67. The van der Waals surface area contributed by atoms with E-state index < -0.39 is 0 Å². The van der Waals surface area contributed by atoms with Gasteiger partial charge in [-0.3, -0.25) is 4.79 Å². The van der Waals surface area contributed by atoms with Crippen molar-refractivity contribution in [3.05, 3.63) is 16.1 Å². The van der Waals surface area contributed by atoms with Gasteiger partial charge in [0, 0.05) is 5.38 Å². The highest BCUT2D eigenvalue weighted by Gasteiger charge is 1.99. The summed E-state index contributed by atoms with van der Waals surface area (Å²) in [5, 5.41) is 5.58. The van der Waals surface area contributed by atoms with Crippen molar-refractivity contribution in [2.24, 2.45) is 0 Å². The fourth-order valence-corrected chi connectivity index (χ4v) is 1.43. The first-order valence-electron chi connectivity index (χ1n) is 3.84. The van der Waals surface area contributed by atoms with Crippen LogP contribution in [0.25, 0.3) is 0 Å². The Morgan fingerprint density at radius 2 is 2.54 bits per heavy atom. The SMILES string of the molecule is CC#CC(=O)NCc1csc(C)n1. The van der Waals surface area contributed by atoms with Gasteiger partial charge in [-0.05, 0) is 19.8 Å². The Morgan fingerprint density at radius 1 is 1.77 bits per heavy atom. The maximum atomic E-state index is 10.9. The average molecular weight is 194 g/mol. The molecule has 0 saturated carbocycles. The molecule has 0 aliphatic rings. The number of nitrogens with one attached hydrogen (secondary N) is 1. The Balaban J connectivity index is 2.42. The van der Waals surface area contributed by atoms with E-state index in [9.17, 15) is 4.79 Å². The highest BCUT2D eigenvalue weighted by molar-refractivity contribution is 7.09. The summed E-state index contributed by atoms with van der Waals surface area (Å²) >= 11 is 1.57. The minimum absolute atomic E-state index is 0.256. The van der Waals surface area contributed by atoms with Crippen molar-refractivity contribution in [3.63, 3.8) is 0 Å². The van der Waals surface area contributed by atoms with Gasteiger partial charge in [-0.15, -0.1) is 11.3 Å². The smallest absolute Gasteiger partial charge is 0.296 e. The fourth-order valence-electron chi connectivity index (χ4n) is 0.818. The number of thiazole rings is 1. The highest BCUT2D eigenvalue weighted by Crippen LogP contribution is 2.06. The number of rotatable bonds is 2. The van der Waals surface area contributed by atoms with Crippen molar-refractivity contribution in [2.75, 3.05) is 0 Å². The molecule has 0 fully saturated rings. The van der Waals surface area contributed by atoms with Crippen LogP contribution in [0.3, 0.4) is 0 Å². The van der Waals surface area contributed by atoms with Gasteiger partial charge >= 0.3 is 0 Å². The maximum absolute atomic E-state index is 10.9. The molecule has 0 atom stereocenters. The summed E-state index contributed by atoms with van der Waals surface area (Å²) in [4.78, 5) is 15.1. The summed E-state index contributed by atoms with van der Waals surface area (Å²) in [6.07, 6.45) is 0. The van der Waals surface area contributed by atoms with Crippen molar-refractivity contribution in [1.82, 2.24) is 10.3 Å². The van der Waals surface area contributed by atoms with Crippen LogP contribution in [0.4, 0.5) is 0 Å². The van der Waals surface area contributed by atoms with Gasteiger partial charge in [-0.1, -0.05) is 5.92 Å². The largest absolute Gasteiger partial charge is 0.340 e. The number of aromatic nitrogens is 1. The van der Waals surface area contributed by atoms with E-state index in [2.05, 4.69) is 22.1 Å². The van der Waals surface area contributed by atoms with Crippen LogP contribution in [0.5, 0.6) is 0 Å². The lowest BCUT2D eigenvalue weighted by Crippen LogP contribution is -2.20. The van der Waals surface area contributed by atoms with Gasteiger partial charge in [-0.25, -0.2) is 4.98 Å². The molecule has 1 heterocycles. The Bertz CT molecular complexity index is 359. The Kier molecular flexibility index (Phi) is 3.47. The second-order valence-corrected chi connectivity index (χ2v) is 3.48. The van der Waals surface area contributed by atoms with Crippen LogP contribution in [0, 0.1) is 18.8 Å². The molecule has 0 unspecified atom stereocenters. The van der Waals surface area contributed by atoms with Crippen LogP contribution < -0.4 is 5.32 Å². The highest BCUT2D eigenvalue weighted by atomic mass is 32.1. The van der Waals surface area contributed by atoms with Gasteiger partial charge in [0.1, 0.15) is 0 Å². The molecule has 0 aliphatic carbocycles. The third-order valence-electron chi connectivity index (χ3n) is 1.34. The van der Waals surface area contributed by atoms with E-state index in [0.717, 1.165) is 10.7 Å². The normalized spacial score (nSPS) is 8.77. The molecule has 0 aromatic carbocycles. The average Bonchev–Trinajstić information content (AvgIpc) is 2.49. The van der Waals surface area contributed by atoms with Crippen molar-refractivity contribution in [2.45, 2.75) is 20.4 Å².